The van der Waals surface area contributed by atoms with Gasteiger partial charge >= 0.3 is 0 Å². The van der Waals surface area contributed by atoms with Crippen molar-refractivity contribution in [2.45, 2.75) is 20.3 Å². The fourth-order valence-electron chi connectivity index (χ4n) is 1.17. The highest BCUT2D eigenvalue weighted by Gasteiger charge is 2.25. The Labute approximate surface area is 89.5 Å². The zero-order valence-corrected chi connectivity index (χ0v) is 9.80. The number of halogens is 2. The molecule has 0 bridgehead atoms. The first-order valence-electron chi connectivity index (χ1n) is 4.75. The van der Waals surface area contributed by atoms with Crippen LogP contribution in [0.1, 0.15) is 13.8 Å². The molecule has 0 amide bonds. The third-order valence-corrected chi connectivity index (χ3v) is 3.86. The van der Waals surface area contributed by atoms with Crippen LogP contribution in [0.3, 0.4) is 0 Å². The van der Waals surface area contributed by atoms with Gasteiger partial charge in [-0.15, -0.1) is 0 Å². The molecule has 0 spiro atoms. The molecule has 7 heteroatoms. The molecule has 0 unspecified atom stereocenters. The predicted molar refractivity (Wildman–Crippen MR) is 55.3 cm³/mol. The van der Waals surface area contributed by atoms with Gasteiger partial charge in [-0.2, -0.15) is 4.31 Å². The number of sulfonamides is 1. The second-order valence-electron chi connectivity index (χ2n) is 3.71. The molecule has 0 rings (SSSR count). The summed E-state index contributed by atoms with van der Waals surface area (Å²) in [6.07, 6.45) is -2.67. The van der Waals surface area contributed by atoms with E-state index in [1.165, 1.54) is 0 Å². The van der Waals surface area contributed by atoms with Gasteiger partial charge < -0.3 is 5.73 Å². The van der Waals surface area contributed by atoms with E-state index in [0.29, 0.717) is 0 Å². The summed E-state index contributed by atoms with van der Waals surface area (Å²) in [6.45, 7) is 2.66. The van der Waals surface area contributed by atoms with Gasteiger partial charge in [0.2, 0.25) is 10.0 Å². The second-order valence-corrected chi connectivity index (χ2v) is 5.72. The van der Waals surface area contributed by atoms with E-state index < -0.39 is 23.0 Å². The predicted octanol–water partition coefficient (Wildman–Crippen LogP) is 0.498. The number of nitrogens with two attached hydrogens (primary N) is 1. The standard InChI is InChI=1S/C8H18F2N2O2S/c1-7(2)6-15(13,14)12(4-3-11)5-8(9)10/h7-8H,3-6,11H2,1-2H3. The van der Waals surface area contributed by atoms with Crippen molar-refractivity contribution in [2.24, 2.45) is 11.7 Å². The molecular weight excluding hydrogens is 226 g/mol. The van der Waals surface area contributed by atoms with Crippen LogP contribution in [0.2, 0.25) is 0 Å². The molecule has 0 heterocycles. The maximum atomic E-state index is 12.1. The van der Waals surface area contributed by atoms with E-state index in [-0.39, 0.29) is 24.8 Å². The van der Waals surface area contributed by atoms with Crippen molar-refractivity contribution in [1.29, 1.82) is 0 Å². The molecule has 0 aromatic rings. The molecule has 0 saturated carbocycles. The molecule has 0 aromatic carbocycles. The Morgan fingerprint density at radius 3 is 2.20 bits per heavy atom. The van der Waals surface area contributed by atoms with Crippen LogP contribution in [-0.4, -0.2) is 44.5 Å². The Kier molecular flexibility index (Phi) is 6.23. The highest BCUT2D eigenvalue weighted by Crippen LogP contribution is 2.09. The maximum Gasteiger partial charge on any atom is 0.252 e. The van der Waals surface area contributed by atoms with Crippen molar-refractivity contribution < 1.29 is 17.2 Å². The van der Waals surface area contributed by atoms with Gasteiger partial charge in [0.25, 0.3) is 6.43 Å². The van der Waals surface area contributed by atoms with Crippen molar-refractivity contribution in [3.05, 3.63) is 0 Å². The lowest BCUT2D eigenvalue weighted by atomic mass is 10.3. The Balaban J connectivity index is 4.58. The molecule has 0 atom stereocenters. The van der Waals surface area contributed by atoms with Crippen LogP contribution in [0.25, 0.3) is 0 Å². The molecule has 2 N–H and O–H groups in total. The summed E-state index contributed by atoms with van der Waals surface area (Å²) < 4.78 is 48.2. The van der Waals surface area contributed by atoms with Crippen LogP contribution in [0, 0.1) is 5.92 Å². The van der Waals surface area contributed by atoms with E-state index in [4.69, 9.17) is 5.73 Å². The average Bonchev–Trinajstić information content (AvgIpc) is 2.00. The number of alkyl halides is 2. The van der Waals surface area contributed by atoms with Gasteiger partial charge in [0, 0.05) is 13.1 Å². The van der Waals surface area contributed by atoms with Crippen molar-refractivity contribution in [3.8, 4) is 0 Å². The van der Waals surface area contributed by atoms with Crippen molar-refractivity contribution >= 4 is 10.0 Å². The maximum absolute atomic E-state index is 12.1. The molecular formula is C8H18F2N2O2S. The minimum atomic E-state index is -3.61. The fourth-order valence-corrected chi connectivity index (χ4v) is 2.95. The largest absolute Gasteiger partial charge is 0.329 e. The minimum Gasteiger partial charge on any atom is -0.329 e. The summed E-state index contributed by atoms with van der Waals surface area (Å²) in [6, 6.07) is 0. The molecule has 0 fully saturated rings. The van der Waals surface area contributed by atoms with Crippen LogP contribution in [0.5, 0.6) is 0 Å². The molecule has 0 radical (unpaired) electrons. The topological polar surface area (TPSA) is 63.4 Å². The molecule has 0 aliphatic carbocycles. The molecule has 0 aliphatic rings. The quantitative estimate of drug-likeness (QED) is 0.709. The summed E-state index contributed by atoms with van der Waals surface area (Å²) >= 11 is 0. The lowest BCUT2D eigenvalue weighted by Crippen LogP contribution is -2.40. The zero-order chi connectivity index (χ0) is 12.1. The lowest BCUT2D eigenvalue weighted by Gasteiger charge is -2.21. The first kappa shape index (κ1) is 14.7. The molecule has 92 valence electrons. The fraction of sp³-hybridized carbons (Fsp3) is 1.00. The zero-order valence-electron chi connectivity index (χ0n) is 8.99. The van der Waals surface area contributed by atoms with Gasteiger partial charge in [-0.05, 0) is 5.92 Å². The third kappa shape index (κ3) is 6.01. The molecule has 0 aliphatic heterocycles. The Bertz CT molecular complexity index is 268. The van der Waals surface area contributed by atoms with Crippen molar-refractivity contribution in [2.75, 3.05) is 25.4 Å². The first-order chi connectivity index (χ1) is 6.79. The molecule has 15 heavy (non-hydrogen) atoms. The SMILES string of the molecule is CC(C)CS(=O)(=O)N(CCN)CC(F)F. The number of rotatable bonds is 7. The van der Waals surface area contributed by atoms with Gasteiger partial charge in [0.05, 0.1) is 12.3 Å². The Morgan fingerprint density at radius 2 is 1.87 bits per heavy atom. The van der Waals surface area contributed by atoms with E-state index in [1.807, 2.05) is 0 Å². The Hall–Kier alpha value is -0.270. The van der Waals surface area contributed by atoms with Crippen LogP contribution in [0.15, 0.2) is 0 Å². The van der Waals surface area contributed by atoms with Crippen molar-refractivity contribution in [3.63, 3.8) is 0 Å². The van der Waals surface area contributed by atoms with Crippen LogP contribution >= 0.6 is 0 Å². The summed E-state index contributed by atoms with van der Waals surface area (Å²) in [5.41, 5.74) is 5.18. The minimum absolute atomic E-state index is 0.0457. The van der Waals surface area contributed by atoms with E-state index in [1.54, 1.807) is 13.8 Å². The number of nitrogens with zero attached hydrogens (tertiary/aromatic N) is 1. The van der Waals surface area contributed by atoms with E-state index in [0.717, 1.165) is 4.31 Å². The smallest absolute Gasteiger partial charge is 0.252 e. The van der Waals surface area contributed by atoms with Gasteiger partial charge in [-0.3, -0.25) is 0 Å². The average molecular weight is 244 g/mol. The molecule has 0 saturated heterocycles. The number of hydrogen-bond donors (Lipinski definition) is 1. The van der Waals surface area contributed by atoms with Gasteiger partial charge in [-0.25, -0.2) is 17.2 Å². The summed E-state index contributed by atoms with van der Waals surface area (Å²) in [5, 5.41) is 0. The molecule has 0 aromatic heterocycles. The third-order valence-electron chi connectivity index (χ3n) is 1.66. The highest BCUT2D eigenvalue weighted by atomic mass is 32.2. The van der Waals surface area contributed by atoms with Gasteiger partial charge in [0.15, 0.2) is 0 Å². The van der Waals surface area contributed by atoms with Crippen LogP contribution in [-0.2, 0) is 10.0 Å². The van der Waals surface area contributed by atoms with E-state index in [2.05, 4.69) is 0 Å². The summed E-state index contributed by atoms with van der Waals surface area (Å²) in [5.74, 6) is -0.215. The van der Waals surface area contributed by atoms with Crippen LogP contribution in [0.4, 0.5) is 8.78 Å². The lowest BCUT2D eigenvalue weighted by molar-refractivity contribution is 0.120. The monoisotopic (exact) mass is 244 g/mol. The van der Waals surface area contributed by atoms with Gasteiger partial charge in [0.1, 0.15) is 0 Å². The summed E-state index contributed by atoms with van der Waals surface area (Å²) in [7, 11) is -3.61. The molecule has 4 nitrogen and oxygen atoms in total. The normalized spacial score (nSPS) is 13.1. The second kappa shape index (κ2) is 6.34. The highest BCUT2D eigenvalue weighted by molar-refractivity contribution is 7.89. The summed E-state index contributed by atoms with van der Waals surface area (Å²) in [4.78, 5) is 0. The van der Waals surface area contributed by atoms with Crippen LogP contribution < -0.4 is 5.73 Å². The Morgan fingerprint density at radius 1 is 1.33 bits per heavy atom. The number of hydrogen-bond acceptors (Lipinski definition) is 3. The van der Waals surface area contributed by atoms with Gasteiger partial charge in [-0.1, -0.05) is 13.8 Å². The van der Waals surface area contributed by atoms with Crippen molar-refractivity contribution in [1.82, 2.24) is 4.31 Å². The van der Waals surface area contributed by atoms with E-state index in [9.17, 15) is 17.2 Å². The first-order valence-corrected chi connectivity index (χ1v) is 6.36. The van der Waals surface area contributed by atoms with E-state index >= 15 is 0 Å².